The number of aliphatic hydroxyl groups excluding tert-OH is 1. The van der Waals surface area contributed by atoms with Gasteiger partial charge in [0.1, 0.15) is 5.76 Å². The van der Waals surface area contributed by atoms with E-state index in [-0.39, 0.29) is 18.6 Å². The van der Waals surface area contributed by atoms with Crippen LogP contribution in [0.5, 0.6) is 0 Å². The molecule has 1 aromatic heterocycles. The number of amides is 2. The third-order valence-corrected chi connectivity index (χ3v) is 4.36. The Bertz CT molecular complexity index is 680. The lowest BCUT2D eigenvalue weighted by Gasteiger charge is -2.23. The Morgan fingerprint density at radius 3 is 3.04 bits per heavy atom. The molecule has 1 heterocycles. The molecule has 2 atom stereocenters. The summed E-state index contributed by atoms with van der Waals surface area (Å²) in [7, 11) is 0. The van der Waals surface area contributed by atoms with Crippen molar-refractivity contribution in [3.63, 3.8) is 0 Å². The molecular formula is C18H22N2O3. The number of aryl methyl sites for hydroxylation is 2. The van der Waals surface area contributed by atoms with Gasteiger partial charge in [-0.15, -0.1) is 0 Å². The van der Waals surface area contributed by atoms with Gasteiger partial charge in [-0.05, 0) is 37.0 Å². The topological polar surface area (TPSA) is 74.5 Å². The van der Waals surface area contributed by atoms with Gasteiger partial charge in [-0.25, -0.2) is 4.79 Å². The number of nitrogens with one attached hydrogen (secondary N) is 2. The van der Waals surface area contributed by atoms with Gasteiger partial charge in [0.25, 0.3) is 0 Å². The summed E-state index contributed by atoms with van der Waals surface area (Å²) < 4.78 is 5.43. The summed E-state index contributed by atoms with van der Waals surface area (Å²) in [6.45, 7) is 2.13. The summed E-state index contributed by atoms with van der Waals surface area (Å²) in [5.74, 6) is 0.960. The molecule has 0 bridgehead atoms. The number of rotatable bonds is 4. The SMILES string of the molecule is Cc1ccccc1C(O)CNC(=O)NC1CCCc2occc21. The van der Waals surface area contributed by atoms with Gasteiger partial charge in [-0.3, -0.25) is 0 Å². The lowest BCUT2D eigenvalue weighted by molar-refractivity contribution is 0.171. The van der Waals surface area contributed by atoms with E-state index in [4.69, 9.17) is 4.42 Å². The number of benzene rings is 1. The van der Waals surface area contributed by atoms with Crippen LogP contribution >= 0.6 is 0 Å². The molecule has 2 unspecified atom stereocenters. The predicted octanol–water partition coefficient (Wildman–Crippen LogP) is 3.00. The zero-order chi connectivity index (χ0) is 16.2. The Labute approximate surface area is 135 Å². The molecule has 122 valence electrons. The van der Waals surface area contributed by atoms with Gasteiger partial charge in [-0.2, -0.15) is 0 Å². The highest BCUT2D eigenvalue weighted by atomic mass is 16.3. The van der Waals surface area contributed by atoms with Crippen LogP contribution < -0.4 is 10.6 Å². The van der Waals surface area contributed by atoms with Gasteiger partial charge in [0.15, 0.2) is 0 Å². The number of hydrogen-bond donors (Lipinski definition) is 3. The highest BCUT2D eigenvalue weighted by Crippen LogP contribution is 2.30. The molecule has 0 radical (unpaired) electrons. The molecule has 5 heteroatoms. The zero-order valence-electron chi connectivity index (χ0n) is 13.2. The summed E-state index contributed by atoms with van der Waals surface area (Å²) in [6, 6.07) is 9.26. The standard InChI is InChI=1S/C18H22N2O3/c1-12-5-2-3-6-13(12)16(21)11-19-18(22)20-15-7-4-8-17-14(15)9-10-23-17/h2-3,5-6,9-10,15-16,21H,4,7-8,11H2,1H3,(H2,19,20,22). The minimum Gasteiger partial charge on any atom is -0.469 e. The van der Waals surface area contributed by atoms with E-state index in [1.165, 1.54) is 0 Å². The molecule has 0 spiro atoms. The molecule has 3 rings (SSSR count). The molecule has 1 aliphatic carbocycles. The van der Waals surface area contributed by atoms with Crippen molar-refractivity contribution in [2.45, 2.75) is 38.3 Å². The number of aliphatic hydroxyl groups is 1. The highest BCUT2D eigenvalue weighted by Gasteiger charge is 2.24. The number of furan rings is 1. The van der Waals surface area contributed by atoms with Crippen LogP contribution in [0.3, 0.4) is 0 Å². The average Bonchev–Trinajstić information content (AvgIpc) is 3.03. The summed E-state index contributed by atoms with van der Waals surface area (Å²) in [6.07, 6.45) is 3.79. The Hall–Kier alpha value is -2.27. The molecule has 3 N–H and O–H groups in total. The van der Waals surface area contributed by atoms with Crippen molar-refractivity contribution in [1.29, 1.82) is 0 Å². The molecule has 5 nitrogen and oxygen atoms in total. The number of fused-ring (bicyclic) bond motifs is 1. The van der Waals surface area contributed by atoms with Crippen molar-refractivity contribution < 1.29 is 14.3 Å². The third-order valence-electron chi connectivity index (χ3n) is 4.36. The molecule has 0 aliphatic heterocycles. The summed E-state index contributed by atoms with van der Waals surface area (Å²) >= 11 is 0. The first-order valence-electron chi connectivity index (χ1n) is 7.99. The number of urea groups is 1. The van der Waals surface area contributed by atoms with Crippen LogP contribution in [0.1, 0.15) is 47.4 Å². The van der Waals surface area contributed by atoms with Crippen LogP contribution in [0.2, 0.25) is 0 Å². The summed E-state index contributed by atoms with van der Waals surface area (Å²) in [5.41, 5.74) is 2.91. The maximum absolute atomic E-state index is 12.1. The lowest BCUT2D eigenvalue weighted by Crippen LogP contribution is -2.40. The maximum Gasteiger partial charge on any atom is 0.315 e. The predicted molar refractivity (Wildman–Crippen MR) is 87.1 cm³/mol. The largest absolute Gasteiger partial charge is 0.469 e. The Balaban J connectivity index is 1.54. The van der Waals surface area contributed by atoms with Gasteiger partial charge < -0.3 is 20.2 Å². The van der Waals surface area contributed by atoms with Crippen LogP contribution in [-0.4, -0.2) is 17.7 Å². The van der Waals surface area contributed by atoms with Gasteiger partial charge >= 0.3 is 6.03 Å². The van der Waals surface area contributed by atoms with E-state index >= 15 is 0 Å². The smallest absolute Gasteiger partial charge is 0.315 e. The first-order valence-corrected chi connectivity index (χ1v) is 7.99. The fraction of sp³-hybridized carbons (Fsp3) is 0.389. The van der Waals surface area contributed by atoms with Gasteiger partial charge in [0, 0.05) is 18.5 Å². The van der Waals surface area contributed by atoms with Crippen LogP contribution in [0, 0.1) is 6.92 Å². The monoisotopic (exact) mass is 314 g/mol. The van der Waals surface area contributed by atoms with E-state index in [0.29, 0.717) is 0 Å². The van der Waals surface area contributed by atoms with E-state index in [2.05, 4.69) is 10.6 Å². The molecule has 2 amide bonds. The van der Waals surface area contributed by atoms with E-state index in [9.17, 15) is 9.90 Å². The van der Waals surface area contributed by atoms with Gasteiger partial charge in [-0.1, -0.05) is 24.3 Å². The van der Waals surface area contributed by atoms with Crippen LogP contribution in [0.15, 0.2) is 41.0 Å². The molecular weight excluding hydrogens is 292 g/mol. The fourth-order valence-electron chi connectivity index (χ4n) is 3.11. The lowest BCUT2D eigenvalue weighted by atomic mass is 9.93. The number of carbonyl (C=O) groups excluding carboxylic acids is 1. The number of carbonyl (C=O) groups is 1. The Morgan fingerprint density at radius 2 is 2.22 bits per heavy atom. The van der Waals surface area contributed by atoms with E-state index in [1.807, 2.05) is 37.3 Å². The van der Waals surface area contributed by atoms with Crippen molar-refractivity contribution in [3.05, 3.63) is 59.0 Å². The maximum atomic E-state index is 12.1. The molecule has 23 heavy (non-hydrogen) atoms. The second-order valence-corrected chi connectivity index (χ2v) is 5.97. The Kier molecular flexibility index (Phi) is 4.67. The first kappa shape index (κ1) is 15.6. The van der Waals surface area contributed by atoms with Crippen molar-refractivity contribution >= 4 is 6.03 Å². The van der Waals surface area contributed by atoms with E-state index in [1.54, 1.807) is 6.26 Å². The third kappa shape index (κ3) is 3.56. The van der Waals surface area contributed by atoms with Gasteiger partial charge in [0.05, 0.1) is 18.4 Å². The highest BCUT2D eigenvalue weighted by molar-refractivity contribution is 5.74. The van der Waals surface area contributed by atoms with Crippen LogP contribution in [-0.2, 0) is 6.42 Å². The van der Waals surface area contributed by atoms with E-state index < -0.39 is 6.10 Å². The molecule has 1 aliphatic rings. The molecule has 1 aromatic carbocycles. The quantitative estimate of drug-likeness (QED) is 0.812. The second kappa shape index (κ2) is 6.87. The first-order chi connectivity index (χ1) is 11.1. The second-order valence-electron chi connectivity index (χ2n) is 5.97. The van der Waals surface area contributed by atoms with Crippen LogP contribution in [0.4, 0.5) is 4.79 Å². The average molecular weight is 314 g/mol. The summed E-state index contributed by atoms with van der Waals surface area (Å²) in [5, 5.41) is 15.9. The minimum absolute atomic E-state index is 0.0203. The van der Waals surface area contributed by atoms with Crippen molar-refractivity contribution in [1.82, 2.24) is 10.6 Å². The minimum atomic E-state index is -0.710. The van der Waals surface area contributed by atoms with Crippen molar-refractivity contribution in [2.24, 2.45) is 0 Å². The van der Waals surface area contributed by atoms with Gasteiger partial charge in [0.2, 0.25) is 0 Å². The molecule has 0 fully saturated rings. The molecule has 0 saturated heterocycles. The van der Waals surface area contributed by atoms with Crippen LogP contribution in [0.25, 0.3) is 0 Å². The molecule has 2 aromatic rings. The number of hydrogen-bond acceptors (Lipinski definition) is 3. The molecule has 0 saturated carbocycles. The van der Waals surface area contributed by atoms with E-state index in [0.717, 1.165) is 41.7 Å². The van der Waals surface area contributed by atoms with Crippen molar-refractivity contribution in [2.75, 3.05) is 6.54 Å². The normalized spacial score (nSPS) is 18.1. The van der Waals surface area contributed by atoms with Crippen molar-refractivity contribution in [3.8, 4) is 0 Å². The zero-order valence-corrected chi connectivity index (χ0v) is 13.2. The fourth-order valence-corrected chi connectivity index (χ4v) is 3.11. The summed E-state index contributed by atoms with van der Waals surface area (Å²) in [4.78, 5) is 12.1. The Morgan fingerprint density at radius 1 is 1.39 bits per heavy atom.